The summed E-state index contributed by atoms with van der Waals surface area (Å²) < 4.78 is 4.26. The van der Waals surface area contributed by atoms with Gasteiger partial charge in [0.1, 0.15) is 5.82 Å². The maximum atomic E-state index is 5.53. The molecule has 0 unspecified atom stereocenters. The molecule has 0 bridgehead atoms. The van der Waals surface area contributed by atoms with E-state index in [1.54, 1.807) is 0 Å². The third-order valence-corrected chi connectivity index (χ3v) is 2.63. The lowest BCUT2D eigenvalue weighted by atomic mass is 10.4. The minimum absolute atomic E-state index is 0.609. The molecule has 1 aliphatic carbocycles. The number of hydrogen-bond donors (Lipinski definition) is 1. The van der Waals surface area contributed by atoms with Crippen LogP contribution in [0.25, 0.3) is 0 Å². The molecular weight excluding hydrogens is 194 g/mol. The van der Waals surface area contributed by atoms with Gasteiger partial charge in [0, 0.05) is 29.9 Å². The Morgan fingerprint density at radius 3 is 3.08 bits per heavy atom. The Morgan fingerprint density at radius 1 is 1.58 bits per heavy atom. The number of hydrogen-bond acceptors (Lipinski definition) is 4. The van der Waals surface area contributed by atoms with Crippen LogP contribution < -0.4 is 5.32 Å². The van der Waals surface area contributed by atoms with Crippen molar-refractivity contribution in [1.29, 1.82) is 0 Å². The van der Waals surface area contributed by atoms with Crippen LogP contribution >= 0.6 is 23.1 Å². The Bertz CT molecular complexity index is 259. The van der Waals surface area contributed by atoms with Gasteiger partial charge in [0.2, 0.25) is 5.13 Å². The van der Waals surface area contributed by atoms with Gasteiger partial charge in [-0.2, -0.15) is 4.37 Å². The number of rotatable bonds is 4. The summed E-state index contributed by atoms with van der Waals surface area (Å²) in [4.78, 5) is 4.35. The lowest BCUT2D eigenvalue weighted by Gasteiger charge is -1.94. The van der Waals surface area contributed by atoms with Gasteiger partial charge < -0.3 is 5.32 Å². The minimum atomic E-state index is 0.609. The molecule has 12 heavy (non-hydrogen) atoms. The van der Waals surface area contributed by atoms with Gasteiger partial charge >= 0.3 is 0 Å². The summed E-state index contributed by atoms with van der Waals surface area (Å²) in [7, 11) is 0. The predicted molar refractivity (Wildman–Crippen MR) is 51.1 cm³/mol. The largest absolute Gasteiger partial charge is 0.359 e. The predicted octanol–water partition coefficient (Wildman–Crippen LogP) is 2.07. The molecule has 1 heterocycles. The third kappa shape index (κ3) is 1.87. The van der Waals surface area contributed by atoms with Crippen LogP contribution in [0.15, 0.2) is 0 Å². The number of anilines is 1. The monoisotopic (exact) mass is 203 g/mol. The quantitative estimate of drug-likeness (QED) is 0.762. The molecule has 0 atom stereocenters. The van der Waals surface area contributed by atoms with Crippen molar-refractivity contribution in [2.75, 3.05) is 17.7 Å². The van der Waals surface area contributed by atoms with Gasteiger partial charge in [-0.3, -0.25) is 0 Å². The average Bonchev–Trinajstić information content (AvgIpc) is 2.83. The Balaban J connectivity index is 1.93. The molecule has 0 spiro atoms. The van der Waals surface area contributed by atoms with Crippen LogP contribution in [0.4, 0.5) is 5.13 Å². The van der Waals surface area contributed by atoms with Crippen molar-refractivity contribution in [2.45, 2.75) is 18.8 Å². The van der Waals surface area contributed by atoms with Gasteiger partial charge in [-0.1, -0.05) is 0 Å². The van der Waals surface area contributed by atoms with E-state index < -0.39 is 0 Å². The summed E-state index contributed by atoms with van der Waals surface area (Å²) >= 11 is 6.95. The Hall–Kier alpha value is -0.350. The van der Waals surface area contributed by atoms with Crippen LogP contribution in [-0.2, 0) is 0 Å². The second kappa shape index (κ2) is 3.58. The molecule has 0 saturated heterocycles. The molecule has 1 N–H and O–H groups in total. The Labute approximate surface area is 80.3 Å². The van der Waals surface area contributed by atoms with Crippen LogP contribution in [-0.4, -0.2) is 21.8 Å². The number of nitrogens with zero attached hydrogens (tertiary/aromatic N) is 2. The first-order chi connectivity index (χ1) is 5.90. The van der Waals surface area contributed by atoms with E-state index >= 15 is 0 Å². The molecule has 0 aliphatic heterocycles. The van der Waals surface area contributed by atoms with Gasteiger partial charge in [-0.05, 0) is 12.8 Å². The van der Waals surface area contributed by atoms with Gasteiger partial charge in [-0.25, -0.2) is 4.98 Å². The van der Waals surface area contributed by atoms with Crippen molar-refractivity contribution >= 4 is 28.3 Å². The lowest BCUT2D eigenvalue weighted by molar-refractivity contribution is 0.983. The molecular formula is C7H10ClN3S. The summed E-state index contributed by atoms with van der Waals surface area (Å²) in [5, 5.41) is 4.01. The normalized spacial score (nSPS) is 16.4. The van der Waals surface area contributed by atoms with Crippen LogP contribution in [0.5, 0.6) is 0 Å². The van der Waals surface area contributed by atoms with Gasteiger partial charge in [-0.15, -0.1) is 11.6 Å². The van der Waals surface area contributed by atoms with Crippen molar-refractivity contribution in [3.63, 3.8) is 0 Å². The van der Waals surface area contributed by atoms with E-state index in [0.717, 1.165) is 17.5 Å². The van der Waals surface area contributed by atoms with Crippen molar-refractivity contribution in [1.82, 2.24) is 9.36 Å². The highest BCUT2D eigenvalue weighted by Gasteiger charge is 2.27. The van der Waals surface area contributed by atoms with Crippen molar-refractivity contribution in [2.24, 2.45) is 0 Å². The van der Waals surface area contributed by atoms with E-state index in [4.69, 9.17) is 11.6 Å². The number of halogens is 1. The Morgan fingerprint density at radius 2 is 2.42 bits per heavy atom. The first-order valence-corrected chi connectivity index (χ1v) is 5.34. The Kier molecular flexibility index (Phi) is 2.46. The molecule has 1 fully saturated rings. The van der Waals surface area contributed by atoms with Crippen LogP contribution in [0, 0.1) is 0 Å². The van der Waals surface area contributed by atoms with Crippen LogP contribution in [0.1, 0.15) is 24.6 Å². The average molecular weight is 204 g/mol. The highest BCUT2D eigenvalue weighted by molar-refractivity contribution is 7.09. The maximum Gasteiger partial charge on any atom is 0.202 e. The van der Waals surface area contributed by atoms with E-state index in [2.05, 4.69) is 14.7 Å². The summed E-state index contributed by atoms with van der Waals surface area (Å²) in [6, 6.07) is 0. The molecule has 0 amide bonds. The molecule has 66 valence electrons. The number of alkyl halides is 1. The zero-order valence-corrected chi connectivity index (χ0v) is 8.16. The lowest BCUT2D eigenvalue weighted by Crippen LogP contribution is -2.01. The maximum absolute atomic E-state index is 5.53. The van der Waals surface area contributed by atoms with E-state index in [1.165, 1.54) is 24.4 Å². The summed E-state index contributed by atoms with van der Waals surface area (Å²) in [6.07, 6.45) is 2.51. The van der Waals surface area contributed by atoms with E-state index in [1.807, 2.05) is 0 Å². The van der Waals surface area contributed by atoms with Crippen LogP contribution in [0.3, 0.4) is 0 Å². The highest BCUT2D eigenvalue weighted by Crippen LogP contribution is 2.39. The van der Waals surface area contributed by atoms with E-state index in [0.29, 0.717) is 11.8 Å². The smallest absolute Gasteiger partial charge is 0.202 e. The summed E-state index contributed by atoms with van der Waals surface area (Å²) in [5.41, 5.74) is 0. The molecule has 5 heteroatoms. The molecule has 0 radical (unpaired) electrons. The molecule has 2 rings (SSSR count). The fourth-order valence-corrected chi connectivity index (χ4v) is 1.73. The number of nitrogens with one attached hydrogen (secondary N) is 1. The topological polar surface area (TPSA) is 37.8 Å². The molecule has 1 saturated carbocycles. The van der Waals surface area contributed by atoms with Crippen molar-refractivity contribution < 1.29 is 0 Å². The second-order valence-corrected chi connectivity index (χ2v) is 3.98. The molecule has 1 aliphatic rings. The first kappa shape index (κ1) is 8.26. The molecule has 1 aromatic heterocycles. The van der Waals surface area contributed by atoms with Crippen molar-refractivity contribution in [3.05, 3.63) is 5.82 Å². The van der Waals surface area contributed by atoms with E-state index in [9.17, 15) is 0 Å². The first-order valence-electron chi connectivity index (χ1n) is 4.03. The second-order valence-electron chi connectivity index (χ2n) is 2.85. The van der Waals surface area contributed by atoms with Crippen LogP contribution in [0.2, 0.25) is 0 Å². The van der Waals surface area contributed by atoms with Gasteiger partial charge in [0.25, 0.3) is 0 Å². The fourth-order valence-electron chi connectivity index (χ4n) is 0.968. The fraction of sp³-hybridized carbons (Fsp3) is 0.714. The standard InChI is InChI=1S/C7H10ClN3S/c8-3-4-9-7-10-6(11-12-7)5-1-2-5/h5H,1-4H2,(H,9,10,11). The SMILES string of the molecule is ClCCNc1nc(C2CC2)ns1. The third-order valence-electron chi connectivity index (χ3n) is 1.75. The summed E-state index contributed by atoms with van der Waals surface area (Å²) in [5.74, 6) is 2.27. The zero-order valence-electron chi connectivity index (χ0n) is 6.59. The molecule has 3 nitrogen and oxygen atoms in total. The minimum Gasteiger partial charge on any atom is -0.359 e. The molecule has 0 aromatic carbocycles. The van der Waals surface area contributed by atoms with Gasteiger partial charge in [0.05, 0.1) is 0 Å². The summed E-state index contributed by atoms with van der Waals surface area (Å²) in [6.45, 7) is 0.765. The zero-order chi connectivity index (χ0) is 8.39. The van der Waals surface area contributed by atoms with Crippen molar-refractivity contribution in [3.8, 4) is 0 Å². The van der Waals surface area contributed by atoms with Gasteiger partial charge in [0.15, 0.2) is 0 Å². The highest BCUT2D eigenvalue weighted by atomic mass is 35.5. The number of aromatic nitrogens is 2. The van der Waals surface area contributed by atoms with E-state index in [-0.39, 0.29) is 0 Å². The molecule has 1 aromatic rings.